The standard InChI is InChI=1S/C21H38.H2/c1-6-8-16-10-12-18-17-11-9-15(3)20(4,7-2)19(17)13-14-21(16,18)5;/h15-19H,6-14H2,1-5H3;1H. The SMILES string of the molecule is CCCC1CCC2C3CCC(C)C(C)(CC)C3CCC12C.[HH]. The summed E-state index contributed by atoms with van der Waals surface area (Å²) in [5, 5.41) is 0. The molecule has 7 unspecified atom stereocenters. The topological polar surface area (TPSA) is 0 Å². The normalized spacial score (nSPS) is 53.3. The molecule has 3 rings (SSSR count). The summed E-state index contributed by atoms with van der Waals surface area (Å²) in [6.07, 6.45) is 13.5. The van der Waals surface area contributed by atoms with E-state index in [1.54, 1.807) is 12.8 Å². The van der Waals surface area contributed by atoms with E-state index in [1.807, 2.05) is 0 Å². The molecule has 3 fully saturated rings. The maximum Gasteiger partial charge on any atom is 0 e. The summed E-state index contributed by atoms with van der Waals surface area (Å²) in [7, 11) is 0. The highest BCUT2D eigenvalue weighted by molar-refractivity contribution is 5.07. The number of fused-ring (bicyclic) bond motifs is 3. The lowest BCUT2D eigenvalue weighted by molar-refractivity contribution is -0.0938. The van der Waals surface area contributed by atoms with Gasteiger partial charge in [-0.3, -0.25) is 0 Å². The lowest BCUT2D eigenvalue weighted by atomic mass is 9.46. The third-order valence-corrected chi connectivity index (χ3v) is 8.94. The van der Waals surface area contributed by atoms with Gasteiger partial charge in [-0.15, -0.1) is 0 Å². The van der Waals surface area contributed by atoms with Gasteiger partial charge >= 0.3 is 0 Å². The van der Waals surface area contributed by atoms with E-state index in [0.717, 1.165) is 29.6 Å². The fraction of sp³-hybridized carbons (Fsp3) is 1.00. The summed E-state index contributed by atoms with van der Waals surface area (Å²) in [6.45, 7) is 12.7. The molecule has 0 saturated heterocycles. The molecule has 7 atom stereocenters. The third kappa shape index (κ3) is 2.22. The minimum Gasteiger partial charge on any atom is -0.0654 e. The monoisotopic (exact) mass is 292 g/mol. The third-order valence-electron chi connectivity index (χ3n) is 8.94. The van der Waals surface area contributed by atoms with E-state index in [-0.39, 0.29) is 1.43 Å². The minimum atomic E-state index is 0. The predicted molar refractivity (Wildman–Crippen MR) is 94.4 cm³/mol. The Morgan fingerprint density at radius 1 is 0.952 bits per heavy atom. The van der Waals surface area contributed by atoms with Gasteiger partial charge in [-0.05, 0) is 78.9 Å². The summed E-state index contributed by atoms with van der Waals surface area (Å²) in [4.78, 5) is 0. The van der Waals surface area contributed by atoms with Crippen LogP contribution in [0.5, 0.6) is 0 Å². The lowest BCUT2D eigenvalue weighted by Crippen LogP contribution is -2.51. The van der Waals surface area contributed by atoms with Crippen molar-refractivity contribution in [2.75, 3.05) is 0 Å². The molecular formula is C21H40. The van der Waals surface area contributed by atoms with Crippen LogP contribution in [0.1, 0.15) is 93.8 Å². The average molecular weight is 293 g/mol. The Kier molecular flexibility index (Phi) is 4.21. The first-order valence-corrected chi connectivity index (χ1v) is 9.97. The first kappa shape index (κ1) is 15.9. The zero-order valence-electron chi connectivity index (χ0n) is 15.3. The highest BCUT2D eigenvalue weighted by Gasteiger charge is 2.57. The minimum absolute atomic E-state index is 0. The van der Waals surface area contributed by atoms with Gasteiger partial charge in [0.15, 0.2) is 0 Å². The van der Waals surface area contributed by atoms with Crippen molar-refractivity contribution in [3.05, 3.63) is 0 Å². The van der Waals surface area contributed by atoms with Crippen LogP contribution in [0.15, 0.2) is 0 Å². The van der Waals surface area contributed by atoms with E-state index in [9.17, 15) is 0 Å². The van der Waals surface area contributed by atoms with Gasteiger partial charge in [0.1, 0.15) is 0 Å². The van der Waals surface area contributed by atoms with Crippen LogP contribution in [-0.2, 0) is 0 Å². The van der Waals surface area contributed by atoms with Crippen LogP contribution in [0.25, 0.3) is 0 Å². The Hall–Kier alpha value is 0. The summed E-state index contributed by atoms with van der Waals surface area (Å²) in [5.74, 6) is 5.14. The Labute approximate surface area is 135 Å². The molecule has 21 heavy (non-hydrogen) atoms. The summed E-state index contributed by atoms with van der Waals surface area (Å²) >= 11 is 0. The maximum absolute atomic E-state index is 2.68. The van der Waals surface area contributed by atoms with Gasteiger partial charge in [-0.1, -0.05) is 53.9 Å². The predicted octanol–water partition coefficient (Wildman–Crippen LogP) is 6.94. The van der Waals surface area contributed by atoms with Crippen LogP contribution in [0.3, 0.4) is 0 Å². The highest BCUT2D eigenvalue weighted by Crippen LogP contribution is 2.66. The van der Waals surface area contributed by atoms with Crippen LogP contribution >= 0.6 is 0 Å². The molecule has 0 spiro atoms. The summed E-state index contributed by atoms with van der Waals surface area (Å²) < 4.78 is 0. The fourth-order valence-corrected chi connectivity index (χ4v) is 7.19. The second-order valence-corrected chi connectivity index (χ2v) is 9.32. The molecule has 0 radical (unpaired) electrons. The average Bonchev–Trinajstić information content (AvgIpc) is 2.80. The van der Waals surface area contributed by atoms with Crippen LogP contribution in [0, 0.1) is 40.4 Å². The van der Waals surface area contributed by atoms with Gasteiger partial charge in [0.25, 0.3) is 0 Å². The van der Waals surface area contributed by atoms with Gasteiger partial charge < -0.3 is 0 Å². The van der Waals surface area contributed by atoms with Gasteiger partial charge in [0.05, 0.1) is 0 Å². The van der Waals surface area contributed by atoms with E-state index in [0.29, 0.717) is 10.8 Å². The van der Waals surface area contributed by atoms with E-state index < -0.39 is 0 Å². The molecular weight excluding hydrogens is 252 g/mol. The first-order valence-electron chi connectivity index (χ1n) is 9.97. The molecule has 0 amide bonds. The van der Waals surface area contributed by atoms with Crippen molar-refractivity contribution in [1.82, 2.24) is 0 Å². The van der Waals surface area contributed by atoms with Gasteiger partial charge in [-0.2, -0.15) is 0 Å². The Morgan fingerprint density at radius 3 is 2.38 bits per heavy atom. The molecule has 3 saturated carbocycles. The van der Waals surface area contributed by atoms with Crippen molar-refractivity contribution in [3.63, 3.8) is 0 Å². The van der Waals surface area contributed by atoms with Gasteiger partial charge in [0.2, 0.25) is 0 Å². The van der Waals surface area contributed by atoms with E-state index >= 15 is 0 Å². The largest absolute Gasteiger partial charge is 0.0654 e. The molecule has 3 aliphatic rings. The van der Waals surface area contributed by atoms with Crippen LogP contribution in [0.2, 0.25) is 0 Å². The van der Waals surface area contributed by atoms with Crippen molar-refractivity contribution >= 4 is 0 Å². The highest BCUT2D eigenvalue weighted by atomic mass is 14.6. The molecule has 0 heterocycles. The van der Waals surface area contributed by atoms with Crippen LogP contribution in [0.4, 0.5) is 0 Å². The van der Waals surface area contributed by atoms with Crippen molar-refractivity contribution in [2.45, 2.75) is 92.4 Å². The second-order valence-electron chi connectivity index (χ2n) is 9.32. The van der Waals surface area contributed by atoms with E-state index in [2.05, 4.69) is 34.6 Å². The summed E-state index contributed by atoms with van der Waals surface area (Å²) in [5.41, 5.74) is 1.33. The van der Waals surface area contributed by atoms with Crippen molar-refractivity contribution in [2.24, 2.45) is 40.4 Å². The van der Waals surface area contributed by atoms with Gasteiger partial charge in [-0.25, -0.2) is 0 Å². The van der Waals surface area contributed by atoms with Crippen molar-refractivity contribution < 1.29 is 1.43 Å². The first-order chi connectivity index (χ1) is 9.97. The van der Waals surface area contributed by atoms with Crippen molar-refractivity contribution in [1.29, 1.82) is 0 Å². The zero-order valence-corrected chi connectivity index (χ0v) is 15.3. The molecule has 0 nitrogen and oxygen atoms in total. The molecule has 3 aliphatic carbocycles. The Bertz CT molecular complexity index is 378. The quantitative estimate of drug-likeness (QED) is 0.528. The fourth-order valence-electron chi connectivity index (χ4n) is 7.19. The zero-order chi connectivity index (χ0) is 15.3. The molecule has 0 heteroatoms. The van der Waals surface area contributed by atoms with Crippen LogP contribution in [-0.4, -0.2) is 0 Å². The number of hydrogen-bond acceptors (Lipinski definition) is 0. The molecule has 0 aromatic carbocycles. The van der Waals surface area contributed by atoms with Crippen LogP contribution < -0.4 is 0 Å². The molecule has 0 aromatic rings. The molecule has 124 valence electrons. The molecule has 0 N–H and O–H groups in total. The molecule has 0 aromatic heterocycles. The summed E-state index contributed by atoms with van der Waals surface area (Å²) in [6, 6.07) is 0. The smallest absolute Gasteiger partial charge is 0 e. The number of hydrogen-bond donors (Lipinski definition) is 0. The van der Waals surface area contributed by atoms with E-state index in [1.165, 1.54) is 44.9 Å². The second kappa shape index (κ2) is 5.57. The molecule has 0 aliphatic heterocycles. The Balaban J connectivity index is 0.00000176. The van der Waals surface area contributed by atoms with Crippen molar-refractivity contribution in [3.8, 4) is 0 Å². The van der Waals surface area contributed by atoms with E-state index in [4.69, 9.17) is 0 Å². The molecule has 0 bridgehead atoms. The maximum atomic E-state index is 2.68. The Morgan fingerprint density at radius 2 is 1.71 bits per heavy atom. The lowest BCUT2D eigenvalue weighted by Gasteiger charge is -2.58. The van der Waals surface area contributed by atoms with Gasteiger partial charge in [0, 0.05) is 1.43 Å². The number of rotatable bonds is 3.